The molecule has 4 rings (SSSR count). The van der Waals surface area contributed by atoms with Gasteiger partial charge < -0.3 is 10.1 Å². The molecule has 1 aliphatic rings. The second kappa shape index (κ2) is 9.90. The molecule has 1 amide bonds. The molecule has 1 aromatic heterocycles. The number of aromatic nitrogens is 1. The third-order valence-electron chi connectivity index (χ3n) is 5.62. The van der Waals surface area contributed by atoms with Crippen molar-refractivity contribution in [1.29, 1.82) is 5.26 Å². The van der Waals surface area contributed by atoms with Gasteiger partial charge in [-0.05, 0) is 48.4 Å². The summed E-state index contributed by atoms with van der Waals surface area (Å²) < 4.78 is 5.92. The van der Waals surface area contributed by atoms with E-state index in [1.165, 1.54) is 11.8 Å². The summed E-state index contributed by atoms with van der Waals surface area (Å²) in [5.41, 5.74) is 3.86. The van der Waals surface area contributed by atoms with Crippen molar-refractivity contribution in [1.82, 2.24) is 10.3 Å². The first-order valence-electron chi connectivity index (χ1n) is 10.7. The van der Waals surface area contributed by atoms with Gasteiger partial charge >= 0.3 is 0 Å². The van der Waals surface area contributed by atoms with Crippen molar-refractivity contribution in [3.8, 4) is 23.1 Å². The second-order valence-corrected chi connectivity index (χ2v) is 7.90. The summed E-state index contributed by atoms with van der Waals surface area (Å²) in [5, 5.41) is 12.0. The molecule has 3 aromatic rings. The highest BCUT2D eigenvalue weighted by atomic mass is 16.5. The molecule has 1 saturated carbocycles. The van der Waals surface area contributed by atoms with Crippen LogP contribution in [0, 0.1) is 11.3 Å². The van der Waals surface area contributed by atoms with Gasteiger partial charge in [-0.2, -0.15) is 5.26 Å². The molecule has 0 bridgehead atoms. The summed E-state index contributed by atoms with van der Waals surface area (Å²) in [6.07, 6.45) is 5.53. The van der Waals surface area contributed by atoms with Gasteiger partial charge in [-0.3, -0.25) is 4.79 Å². The summed E-state index contributed by atoms with van der Waals surface area (Å²) in [4.78, 5) is 16.7. The molecule has 1 aliphatic carbocycles. The standard InChI is InChI=1S/C26H25N3O2/c27-17-20-8-15-26(28-18-20)31-24-13-11-23(12-14-24)29-25(30)16-19-6-9-22(10-7-19)21-4-2-1-3-5-21/h1-10,15,18,23-24H,11-14,16H2,(H,29,30). The fourth-order valence-electron chi connectivity index (χ4n) is 3.92. The van der Waals surface area contributed by atoms with Gasteiger partial charge in [0.05, 0.1) is 12.0 Å². The molecule has 1 heterocycles. The molecule has 0 unspecified atom stereocenters. The molecule has 0 radical (unpaired) electrons. The number of nitrogens with zero attached hydrogens (tertiary/aromatic N) is 2. The Bertz CT molecular complexity index is 1030. The number of carbonyl (C=O) groups is 1. The zero-order valence-electron chi connectivity index (χ0n) is 17.3. The van der Waals surface area contributed by atoms with Crippen LogP contribution in [0.2, 0.25) is 0 Å². The fourth-order valence-corrected chi connectivity index (χ4v) is 3.92. The molecule has 5 nitrogen and oxygen atoms in total. The summed E-state index contributed by atoms with van der Waals surface area (Å²) in [6, 6.07) is 24.1. The predicted octanol–water partition coefficient (Wildman–Crippen LogP) is 4.67. The Hall–Kier alpha value is -3.65. The van der Waals surface area contributed by atoms with E-state index in [-0.39, 0.29) is 18.1 Å². The summed E-state index contributed by atoms with van der Waals surface area (Å²) in [7, 11) is 0. The van der Waals surface area contributed by atoms with E-state index < -0.39 is 0 Å². The number of ether oxygens (including phenoxy) is 1. The van der Waals surface area contributed by atoms with Crippen LogP contribution >= 0.6 is 0 Å². The van der Waals surface area contributed by atoms with Gasteiger partial charge in [0.2, 0.25) is 11.8 Å². The van der Waals surface area contributed by atoms with Gasteiger partial charge in [-0.25, -0.2) is 4.98 Å². The highest BCUT2D eigenvalue weighted by Crippen LogP contribution is 2.23. The van der Waals surface area contributed by atoms with Crippen molar-refractivity contribution in [2.75, 3.05) is 0 Å². The minimum atomic E-state index is 0.0607. The number of nitriles is 1. The van der Waals surface area contributed by atoms with E-state index in [9.17, 15) is 4.79 Å². The van der Waals surface area contributed by atoms with Crippen LogP contribution in [0.25, 0.3) is 11.1 Å². The third-order valence-corrected chi connectivity index (χ3v) is 5.62. The van der Waals surface area contributed by atoms with Gasteiger partial charge in [-0.1, -0.05) is 54.6 Å². The molecule has 0 saturated heterocycles. The lowest BCUT2D eigenvalue weighted by molar-refractivity contribution is -0.121. The van der Waals surface area contributed by atoms with Crippen molar-refractivity contribution < 1.29 is 9.53 Å². The maximum absolute atomic E-state index is 12.5. The highest BCUT2D eigenvalue weighted by Gasteiger charge is 2.24. The lowest BCUT2D eigenvalue weighted by atomic mass is 9.92. The average Bonchev–Trinajstić information content (AvgIpc) is 2.82. The number of amides is 1. The van der Waals surface area contributed by atoms with E-state index in [2.05, 4.69) is 40.6 Å². The zero-order valence-corrected chi connectivity index (χ0v) is 17.3. The molecule has 156 valence electrons. The van der Waals surface area contributed by atoms with Crippen LogP contribution in [0.5, 0.6) is 5.88 Å². The molecule has 0 aliphatic heterocycles. The fraction of sp³-hybridized carbons (Fsp3) is 0.269. The Morgan fingerprint density at radius 1 is 0.968 bits per heavy atom. The van der Waals surface area contributed by atoms with Crippen LogP contribution in [0.4, 0.5) is 0 Å². The summed E-state index contributed by atoms with van der Waals surface area (Å²) >= 11 is 0. The van der Waals surface area contributed by atoms with E-state index in [1.54, 1.807) is 12.1 Å². The predicted molar refractivity (Wildman–Crippen MR) is 119 cm³/mol. The monoisotopic (exact) mass is 411 g/mol. The number of hydrogen-bond donors (Lipinski definition) is 1. The smallest absolute Gasteiger partial charge is 0.224 e. The van der Waals surface area contributed by atoms with Gasteiger partial charge in [0.25, 0.3) is 0 Å². The molecule has 0 spiro atoms. The molecular weight excluding hydrogens is 386 g/mol. The lowest BCUT2D eigenvalue weighted by Crippen LogP contribution is -2.40. The van der Waals surface area contributed by atoms with Gasteiger partial charge in [0.15, 0.2) is 0 Å². The van der Waals surface area contributed by atoms with Crippen molar-refractivity contribution >= 4 is 5.91 Å². The minimum Gasteiger partial charge on any atom is -0.474 e. The maximum atomic E-state index is 12.5. The highest BCUT2D eigenvalue weighted by molar-refractivity contribution is 5.79. The number of carbonyl (C=O) groups excluding carboxylic acids is 1. The number of hydrogen-bond acceptors (Lipinski definition) is 4. The summed E-state index contributed by atoms with van der Waals surface area (Å²) in [5.74, 6) is 0.607. The van der Waals surface area contributed by atoms with Gasteiger partial charge in [0.1, 0.15) is 12.2 Å². The zero-order chi connectivity index (χ0) is 21.5. The number of benzene rings is 2. The largest absolute Gasteiger partial charge is 0.474 e. The average molecular weight is 412 g/mol. The number of rotatable bonds is 6. The van der Waals surface area contributed by atoms with Crippen LogP contribution in [0.3, 0.4) is 0 Å². The second-order valence-electron chi connectivity index (χ2n) is 7.90. The van der Waals surface area contributed by atoms with Gasteiger partial charge in [0, 0.05) is 18.3 Å². The molecule has 1 fully saturated rings. The Balaban J connectivity index is 1.22. The van der Waals surface area contributed by atoms with E-state index in [4.69, 9.17) is 10.00 Å². The molecule has 31 heavy (non-hydrogen) atoms. The van der Waals surface area contributed by atoms with Crippen molar-refractivity contribution in [2.24, 2.45) is 0 Å². The normalized spacial score (nSPS) is 18.0. The van der Waals surface area contributed by atoms with Crippen LogP contribution in [0.1, 0.15) is 36.8 Å². The Labute approximate surface area is 182 Å². The lowest BCUT2D eigenvalue weighted by Gasteiger charge is -2.29. The van der Waals surface area contributed by atoms with E-state index in [0.717, 1.165) is 36.8 Å². The number of pyridine rings is 1. The van der Waals surface area contributed by atoms with Crippen LogP contribution in [-0.2, 0) is 11.2 Å². The maximum Gasteiger partial charge on any atom is 0.224 e. The molecular formula is C26H25N3O2. The molecule has 5 heteroatoms. The van der Waals surface area contributed by atoms with Crippen LogP contribution in [-0.4, -0.2) is 23.0 Å². The van der Waals surface area contributed by atoms with E-state index in [0.29, 0.717) is 17.9 Å². The Kier molecular flexibility index (Phi) is 6.59. The minimum absolute atomic E-state index is 0.0607. The van der Waals surface area contributed by atoms with E-state index in [1.807, 2.05) is 30.3 Å². The Morgan fingerprint density at radius 3 is 2.32 bits per heavy atom. The first-order valence-corrected chi connectivity index (χ1v) is 10.7. The van der Waals surface area contributed by atoms with Crippen LogP contribution < -0.4 is 10.1 Å². The SMILES string of the molecule is N#Cc1ccc(OC2CCC(NC(=O)Cc3ccc(-c4ccccc4)cc3)CC2)nc1. The quantitative estimate of drug-likeness (QED) is 0.640. The molecule has 1 N–H and O–H groups in total. The molecule has 2 aromatic carbocycles. The van der Waals surface area contributed by atoms with E-state index >= 15 is 0 Å². The van der Waals surface area contributed by atoms with Crippen molar-refractivity contribution in [3.63, 3.8) is 0 Å². The Morgan fingerprint density at radius 2 is 1.68 bits per heavy atom. The molecule has 0 atom stereocenters. The number of nitrogens with one attached hydrogen (secondary N) is 1. The topological polar surface area (TPSA) is 75.0 Å². The van der Waals surface area contributed by atoms with Crippen molar-refractivity contribution in [2.45, 2.75) is 44.2 Å². The third kappa shape index (κ3) is 5.70. The van der Waals surface area contributed by atoms with Crippen molar-refractivity contribution in [3.05, 3.63) is 84.1 Å². The summed E-state index contributed by atoms with van der Waals surface area (Å²) in [6.45, 7) is 0. The first kappa shape index (κ1) is 20.6. The van der Waals surface area contributed by atoms with Gasteiger partial charge in [-0.15, -0.1) is 0 Å². The first-order chi connectivity index (χ1) is 15.2. The van der Waals surface area contributed by atoms with Crippen LogP contribution in [0.15, 0.2) is 72.9 Å².